The monoisotopic (exact) mass is 584 g/mol. The first-order valence-electron chi connectivity index (χ1n) is 13.2. The summed E-state index contributed by atoms with van der Waals surface area (Å²) >= 11 is 6.79. The third-order valence-electron chi connectivity index (χ3n) is 7.48. The number of para-hydroxylation sites is 1. The van der Waals surface area contributed by atoms with E-state index in [0.29, 0.717) is 23.8 Å². The molecule has 40 heavy (non-hydrogen) atoms. The van der Waals surface area contributed by atoms with Gasteiger partial charge in [-0.2, -0.15) is 4.67 Å². The Morgan fingerprint density at radius 3 is 2.42 bits per heavy atom. The van der Waals surface area contributed by atoms with E-state index in [9.17, 15) is 19.2 Å². The highest BCUT2D eigenvalue weighted by Gasteiger charge is 2.50. The standard InChI is InChI=1S/C29H32ClFN5O3P/c1-17(2)20-10-7-9-13-25(20)36-27-22(14-23(30)26(32-27)21-11-6-8-12-24(21)31)28(33-40(36,5)39)34-15-19(4)35(29(37)38)16-18(34)3/h6-14,17-19,39H,15-16H2,1-5H3/p+1. The summed E-state index contributed by atoms with van der Waals surface area (Å²) in [5.74, 6) is 0.628. The predicted octanol–water partition coefficient (Wildman–Crippen LogP) is 7.02. The molecule has 3 heterocycles. The van der Waals surface area contributed by atoms with Gasteiger partial charge in [0.05, 0.1) is 22.0 Å². The summed E-state index contributed by atoms with van der Waals surface area (Å²) in [6, 6.07) is 15.3. The van der Waals surface area contributed by atoms with E-state index in [1.165, 1.54) is 11.0 Å². The van der Waals surface area contributed by atoms with E-state index in [1.807, 2.05) is 43.0 Å². The molecule has 8 nitrogen and oxygen atoms in total. The first-order valence-corrected chi connectivity index (χ1v) is 15.7. The van der Waals surface area contributed by atoms with Crippen LogP contribution in [0.25, 0.3) is 11.3 Å². The molecule has 0 spiro atoms. The Bertz CT molecular complexity index is 1500. The number of nitrogens with zero attached hydrogens (tertiary/aromatic N) is 5. The van der Waals surface area contributed by atoms with Crippen LogP contribution in [0.5, 0.6) is 0 Å². The van der Waals surface area contributed by atoms with Gasteiger partial charge in [0.25, 0.3) is 0 Å². The molecule has 210 valence electrons. The molecule has 11 heteroatoms. The summed E-state index contributed by atoms with van der Waals surface area (Å²) < 4.78 is 21.7. The van der Waals surface area contributed by atoms with Crippen molar-refractivity contribution in [3.8, 4) is 11.3 Å². The Morgan fingerprint density at radius 2 is 1.75 bits per heavy atom. The number of amidine groups is 1. The van der Waals surface area contributed by atoms with Crippen molar-refractivity contribution < 1.29 is 19.2 Å². The van der Waals surface area contributed by atoms with E-state index in [1.54, 1.807) is 35.6 Å². The van der Waals surface area contributed by atoms with Crippen molar-refractivity contribution in [3.05, 3.63) is 76.6 Å². The number of hydrogen-bond donors (Lipinski definition) is 2. The quantitative estimate of drug-likeness (QED) is 0.321. The van der Waals surface area contributed by atoms with Crippen LogP contribution in [0.4, 0.5) is 20.7 Å². The first kappa shape index (κ1) is 28.3. The maximum Gasteiger partial charge on any atom is 0.407 e. The van der Waals surface area contributed by atoms with Gasteiger partial charge in [-0.3, -0.25) is 0 Å². The Labute approximate surface area is 239 Å². The van der Waals surface area contributed by atoms with Crippen molar-refractivity contribution in [3.63, 3.8) is 0 Å². The van der Waals surface area contributed by atoms with Gasteiger partial charge in [0.2, 0.25) is 0 Å². The van der Waals surface area contributed by atoms with Crippen LogP contribution in [-0.2, 0) is 0 Å². The zero-order valence-electron chi connectivity index (χ0n) is 23.1. The molecule has 3 atom stereocenters. The Hall–Kier alpha value is -3.26. The molecule has 3 aromatic rings. The number of piperazine rings is 1. The van der Waals surface area contributed by atoms with Gasteiger partial charge in [0.1, 0.15) is 12.5 Å². The molecule has 0 aliphatic carbocycles. The number of hydrogen-bond acceptors (Lipinski definition) is 6. The molecular formula is C29H33ClFN5O3P+. The van der Waals surface area contributed by atoms with Crippen LogP contribution in [-0.4, -0.2) is 68.6 Å². The fourth-order valence-corrected chi connectivity index (χ4v) is 7.52. The molecule has 2 aliphatic heterocycles. The summed E-state index contributed by atoms with van der Waals surface area (Å²) in [7, 11) is -3.26. The SMILES string of the molecule is CC(C)c1ccccc1N1c2nc(-c3ccccc3F)c(Cl)cc2C(N2CC(C)N(C(=O)O)CC2C)=N[P+]1(C)O. The van der Waals surface area contributed by atoms with Crippen LogP contribution in [0.2, 0.25) is 5.02 Å². The molecule has 2 aromatic carbocycles. The summed E-state index contributed by atoms with van der Waals surface area (Å²) in [6.45, 7) is 10.3. The zero-order chi connectivity index (χ0) is 28.9. The third-order valence-corrected chi connectivity index (χ3v) is 9.50. The van der Waals surface area contributed by atoms with Crippen LogP contribution in [0.1, 0.15) is 44.7 Å². The van der Waals surface area contributed by atoms with Gasteiger partial charge in [-0.25, -0.2) is 19.1 Å². The van der Waals surface area contributed by atoms with Crippen molar-refractivity contribution >= 4 is 42.8 Å². The van der Waals surface area contributed by atoms with Gasteiger partial charge < -0.3 is 14.9 Å². The van der Waals surface area contributed by atoms with E-state index in [4.69, 9.17) is 21.3 Å². The number of fused-ring (bicyclic) bond motifs is 1. The summed E-state index contributed by atoms with van der Waals surface area (Å²) in [5.41, 5.74) is 2.90. The molecular weight excluding hydrogens is 552 g/mol. The second-order valence-electron chi connectivity index (χ2n) is 10.8. The lowest BCUT2D eigenvalue weighted by atomic mass is 10.0. The van der Waals surface area contributed by atoms with Gasteiger partial charge in [-0.1, -0.05) is 60.5 Å². The van der Waals surface area contributed by atoms with Gasteiger partial charge in [0.15, 0.2) is 11.7 Å². The lowest BCUT2D eigenvalue weighted by molar-refractivity contribution is 0.0751. The van der Waals surface area contributed by atoms with Gasteiger partial charge in [-0.05, 0) is 49.6 Å². The Kier molecular flexibility index (Phi) is 7.50. The van der Waals surface area contributed by atoms with Gasteiger partial charge >= 0.3 is 13.9 Å². The number of carbonyl (C=O) groups is 1. The molecule has 2 aliphatic rings. The molecule has 1 aromatic heterocycles. The Balaban J connectivity index is 1.75. The number of anilines is 2. The largest absolute Gasteiger partial charge is 0.465 e. The van der Waals surface area contributed by atoms with Gasteiger partial charge in [-0.15, -0.1) is 0 Å². The second kappa shape index (κ2) is 10.6. The van der Waals surface area contributed by atoms with Crippen LogP contribution in [0.15, 0.2) is 59.4 Å². The third kappa shape index (κ3) is 4.91. The minimum atomic E-state index is -3.26. The highest BCUT2D eigenvalue weighted by molar-refractivity contribution is 7.70. The molecule has 3 unspecified atom stereocenters. The second-order valence-corrected chi connectivity index (χ2v) is 13.5. The first-order chi connectivity index (χ1) is 18.9. The Morgan fingerprint density at radius 1 is 1.07 bits per heavy atom. The number of amides is 1. The van der Waals surface area contributed by atoms with E-state index in [2.05, 4.69) is 13.8 Å². The van der Waals surface area contributed by atoms with Crippen molar-refractivity contribution in [2.75, 3.05) is 24.4 Å². The van der Waals surface area contributed by atoms with Crippen molar-refractivity contribution in [1.82, 2.24) is 14.8 Å². The average molecular weight is 585 g/mol. The van der Waals surface area contributed by atoms with Gasteiger partial charge in [0, 0.05) is 30.7 Å². The highest BCUT2D eigenvalue weighted by atomic mass is 35.5. The fourth-order valence-electron chi connectivity index (χ4n) is 5.49. The summed E-state index contributed by atoms with van der Waals surface area (Å²) in [6.07, 6.45) is -0.972. The van der Waals surface area contributed by atoms with Crippen molar-refractivity contribution in [1.29, 1.82) is 0 Å². The average Bonchev–Trinajstić information content (AvgIpc) is 2.89. The minimum absolute atomic E-state index is 0.147. The van der Waals surface area contributed by atoms with Crippen molar-refractivity contribution in [2.24, 2.45) is 4.76 Å². The molecule has 0 radical (unpaired) electrons. The van der Waals surface area contributed by atoms with E-state index in [-0.39, 0.29) is 40.8 Å². The molecule has 2 N–H and O–H groups in total. The normalized spacial score (nSPS) is 22.8. The van der Waals surface area contributed by atoms with Crippen LogP contribution in [0, 0.1) is 5.82 Å². The van der Waals surface area contributed by atoms with Crippen LogP contribution in [0.3, 0.4) is 0 Å². The lowest BCUT2D eigenvalue weighted by Crippen LogP contribution is -2.59. The number of halogens is 2. The number of benzene rings is 2. The van der Waals surface area contributed by atoms with Crippen LogP contribution < -0.4 is 4.67 Å². The molecule has 0 saturated carbocycles. The maximum absolute atomic E-state index is 15.0. The van der Waals surface area contributed by atoms with Crippen LogP contribution >= 0.6 is 19.4 Å². The summed E-state index contributed by atoms with van der Waals surface area (Å²) in [5, 5.41) is 9.92. The van der Waals surface area contributed by atoms with Crippen molar-refractivity contribution in [2.45, 2.75) is 45.7 Å². The summed E-state index contributed by atoms with van der Waals surface area (Å²) in [4.78, 5) is 32.3. The lowest BCUT2D eigenvalue weighted by Gasteiger charge is -2.45. The predicted molar refractivity (Wildman–Crippen MR) is 159 cm³/mol. The maximum atomic E-state index is 15.0. The molecule has 0 bridgehead atoms. The smallest absolute Gasteiger partial charge is 0.407 e. The number of carboxylic acid groups (broad SMARTS) is 1. The molecule has 5 rings (SSSR count). The fraction of sp³-hybridized carbons (Fsp3) is 0.345. The minimum Gasteiger partial charge on any atom is -0.465 e. The highest BCUT2D eigenvalue weighted by Crippen LogP contribution is 2.65. The molecule has 1 saturated heterocycles. The van der Waals surface area contributed by atoms with E-state index < -0.39 is 19.7 Å². The van der Waals surface area contributed by atoms with E-state index >= 15 is 0 Å². The topological polar surface area (TPSA) is 92.5 Å². The molecule has 1 fully saturated rings. The number of aromatic nitrogens is 1. The number of pyridine rings is 1. The molecule has 1 amide bonds. The zero-order valence-corrected chi connectivity index (χ0v) is 24.7. The van der Waals surface area contributed by atoms with E-state index in [0.717, 1.165) is 11.3 Å². The number of rotatable bonds is 3.